The van der Waals surface area contributed by atoms with Crippen LogP contribution in [0.5, 0.6) is 0 Å². The lowest BCUT2D eigenvalue weighted by Gasteiger charge is -2.05. The van der Waals surface area contributed by atoms with Crippen LogP contribution in [0.1, 0.15) is 12.5 Å². The van der Waals surface area contributed by atoms with Crippen molar-refractivity contribution in [2.45, 2.75) is 19.6 Å². The third-order valence-corrected chi connectivity index (χ3v) is 2.27. The molecular formula is C10H14O4P+. The fraction of sp³-hybridized carbons (Fsp3) is 0.400. The zero-order chi connectivity index (χ0) is 11.1. The molecule has 0 aliphatic carbocycles. The number of hydrogen-bond acceptors (Lipinski definition) is 3. The first-order valence-electron chi connectivity index (χ1n) is 4.63. The highest BCUT2D eigenvalue weighted by Crippen LogP contribution is 2.17. The van der Waals surface area contributed by atoms with Crippen molar-refractivity contribution < 1.29 is 18.7 Å². The standard InChI is InChI=1S/C10H13O4P/c1-9(14-15(11)12)7-13-8-10-5-3-2-4-6-10/h2-6,9H,7-8H2,1H3/p+1. The molecular weight excluding hydrogens is 215 g/mol. The van der Waals surface area contributed by atoms with Gasteiger partial charge in [-0.15, -0.1) is 9.42 Å². The van der Waals surface area contributed by atoms with Crippen LogP contribution in [0, 0.1) is 0 Å². The molecule has 0 radical (unpaired) electrons. The molecule has 0 saturated heterocycles. The van der Waals surface area contributed by atoms with E-state index in [0.29, 0.717) is 13.2 Å². The van der Waals surface area contributed by atoms with Gasteiger partial charge >= 0.3 is 8.25 Å². The smallest absolute Gasteiger partial charge is 0.374 e. The van der Waals surface area contributed by atoms with Gasteiger partial charge in [0.25, 0.3) is 0 Å². The van der Waals surface area contributed by atoms with E-state index in [4.69, 9.17) is 9.63 Å². The van der Waals surface area contributed by atoms with E-state index in [1.54, 1.807) is 6.92 Å². The molecule has 1 N–H and O–H groups in total. The molecule has 0 heterocycles. The van der Waals surface area contributed by atoms with Crippen LogP contribution in [0.25, 0.3) is 0 Å². The van der Waals surface area contributed by atoms with Crippen LogP contribution in [0.2, 0.25) is 0 Å². The molecule has 1 rings (SSSR count). The summed E-state index contributed by atoms with van der Waals surface area (Å²) in [5, 5.41) is 0. The van der Waals surface area contributed by atoms with Gasteiger partial charge in [0.2, 0.25) is 0 Å². The van der Waals surface area contributed by atoms with Crippen molar-refractivity contribution in [3.63, 3.8) is 0 Å². The zero-order valence-corrected chi connectivity index (χ0v) is 9.39. The summed E-state index contributed by atoms with van der Waals surface area (Å²) in [5.74, 6) is 0. The molecule has 0 aliphatic heterocycles. The largest absolute Gasteiger partial charge is 0.695 e. The quantitative estimate of drug-likeness (QED) is 0.760. The molecule has 82 valence electrons. The number of benzene rings is 1. The Morgan fingerprint density at radius 1 is 1.40 bits per heavy atom. The molecule has 5 heteroatoms. The van der Waals surface area contributed by atoms with Crippen LogP contribution < -0.4 is 0 Å². The second kappa shape index (κ2) is 6.64. The van der Waals surface area contributed by atoms with Crippen molar-refractivity contribution in [3.05, 3.63) is 35.9 Å². The van der Waals surface area contributed by atoms with Crippen LogP contribution in [-0.2, 0) is 20.4 Å². The number of hydrogen-bond donors (Lipinski definition) is 1. The number of ether oxygens (including phenoxy) is 1. The van der Waals surface area contributed by atoms with Crippen LogP contribution in [0.15, 0.2) is 30.3 Å². The lowest BCUT2D eigenvalue weighted by molar-refractivity contribution is 0.0479. The van der Waals surface area contributed by atoms with Crippen molar-refractivity contribution in [2.24, 2.45) is 0 Å². The highest BCUT2D eigenvalue weighted by atomic mass is 31.1. The van der Waals surface area contributed by atoms with Gasteiger partial charge in [0.1, 0.15) is 6.10 Å². The molecule has 4 nitrogen and oxygen atoms in total. The molecule has 2 atom stereocenters. The van der Waals surface area contributed by atoms with E-state index in [9.17, 15) is 4.57 Å². The summed E-state index contributed by atoms with van der Waals surface area (Å²) in [4.78, 5) is 8.47. The van der Waals surface area contributed by atoms with E-state index >= 15 is 0 Å². The van der Waals surface area contributed by atoms with Gasteiger partial charge in [0.05, 0.1) is 13.2 Å². The average molecular weight is 229 g/mol. The molecule has 0 aliphatic rings. The van der Waals surface area contributed by atoms with Crippen LogP contribution in [0.4, 0.5) is 0 Å². The Hall–Kier alpha value is -0.800. The molecule has 0 spiro atoms. The Kier molecular flexibility index (Phi) is 5.43. The van der Waals surface area contributed by atoms with Gasteiger partial charge in [0.15, 0.2) is 0 Å². The minimum absolute atomic E-state index is 0.302. The average Bonchev–Trinajstić information content (AvgIpc) is 2.18. The summed E-state index contributed by atoms with van der Waals surface area (Å²) in [6.07, 6.45) is -0.373. The van der Waals surface area contributed by atoms with Gasteiger partial charge in [-0.3, -0.25) is 0 Å². The van der Waals surface area contributed by atoms with Gasteiger partial charge in [-0.25, -0.2) is 0 Å². The van der Waals surface area contributed by atoms with E-state index in [1.807, 2.05) is 30.3 Å². The summed E-state index contributed by atoms with van der Waals surface area (Å²) in [5.41, 5.74) is 1.07. The Labute approximate surface area is 89.8 Å². The Morgan fingerprint density at radius 3 is 2.67 bits per heavy atom. The van der Waals surface area contributed by atoms with Crippen molar-refractivity contribution in [2.75, 3.05) is 6.61 Å². The maximum absolute atomic E-state index is 10.3. The summed E-state index contributed by atoms with van der Waals surface area (Å²) in [7, 11) is -2.54. The summed E-state index contributed by atoms with van der Waals surface area (Å²) in [6, 6.07) is 9.72. The van der Waals surface area contributed by atoms with E-state index in [1.165, 1.54) is 0 Å². The molecule has 0 bridgehead atoms. The molecule has 1 aromatic rings. The Bertz CT molecular complexity index is 302. The first-order valence-corrected chi connectivity index (χ1v) is 5.76. The Balaban J connectivity index is 2.19. The first-order chi connectivity index (χ1) is 7.18. The number of rotatable bonds is 6. The summed E-state index contributed by atoms with van der Waals surface area (Å²) in [6.45, 7) is 2.47. The summed E-state index contributed by atoms with van der Waals surface area (Å²) < 4.78 is 20.3. The molecule has 1 aromatic carbocycles. The predicted molar refractivity (Wildman–Crippen MR) is 56.5 cm³/mol. The van der Waals surface area contributed by atoms with Crippen LogP contribution in [0.3, 0.4) is 0 Å². The summed E-state index contributed by atoms with van der Waals surface area (Å²) >= 11 is 0. The van der Waals surface area contributed by atoms with Crippen LogP contribution >= 0.6 is 8.25 Å². The van der Waals surface area contributed by atoms with Gasteiger partial charge < -0.3 is 4.74 Å². The predicted octanol–water partition coefficient (Wildman–Crippen LogP) is 2.26. The topological polar surface area (TPSA) is 55.8 Å². The highest BCUT2D eigenvalue weighted by molar-refractivity contribution is 7.32. The van der Waals surface area contributed by atoms with Crippen LogP contribution in [-0.4, -0.2) is 17.6 Å². The molecule has 0 amide bonds. The molecule has 2 unspecified atom stereocenters. The SMILES string of the molecule is CC(COCc1ccccc1)O[P+](=O)O. The normalized spacial score (nSPS) is 13.6. The monoisotopic (exact) mass is 229 g/mol. The van der Waals surface area contributed by atoms with Gasteiger partial charge in [-0.05, 0) is 12.5 Å². The van der Waals surface area contributed by atoms with Crippen molar-refractivity contribution in [1.29, 1.82) is 0 Å². The zero-order valence-electron chi connectivity index (χ0n) is 8.50. The highest BCUT2D eigenvalue weighted by Gasteiger charge is 2.18. The van der Waals surface area contributed by atoms with E-state index in [-0.39, 0.29) is 6.10 Å². The molecule has 0 saturated carbocycles. The first kappa shape index (κ1) is 12.3. The minimum Gasteiger partial charge on any atom is -0.374 e. The van der Waals surface area contributed by atoms with Crippen molar-refractivity contribution >= 4 is 8.25 Å². The van der Waals surface area contributed by atoms with Crippen molar-refractivity contribution in [1.82, 2.24) is 0 Å². The second-order valence-electron chi connectivity index (χ2n) is 3.15. The fourth-order valence-corrected chi connectivity index (χ4v) is 1.47. The Morgan fingerprint density at radius 2 is 2.07 bits per heavy atom. The minimum atomic E-state index is -2.54. The lowest BCUT2D eigenvalue weighted by Crippen LogP contribution is -2.12. The van der Waals surface area contributed by atoms with Gasteiger partial charge in [-0.2, -0.15) is 0 Å². The maximum atomic E-state index is 10.3. The van der Waals surface area contributed by atoms with E-state index in [2.05, 4.69) is 4.52 Å². The maximum Gasteiger partial charge on any atom is 0.695 e. The second-order valence-corrected chi connectivity index (χ2v) is 3.84. The molecule has 0 aromatic heterocycles. The fourth-order valence-electron chi connectivity index (χ4n) is 1.10. The van der Waals surface area contributed by atoms with Crippen molar-refractivity contribution in [3.8, 4) is 0 Å². The third kappa shape index (κ3) is 5.60. The van der Waals surface area contributed by atoms with E-state index in [0.717, 1.165) is 5.56 Å². The third-order valence-electron chi connectivity index (χ3n) is 1.73. The van der Waals surface area contributed by atoms with E-state index < -0.39 is 8.25 Å². The molecule has 0 fully saturated rings. The van der Waals surface area contributed by atoms with Gasteiger partial charge in [-0.1, -0.05) is 30.3 Å². The lowest BCUT2D eigenvalue weighted by atomic mass is 10.2. The molecule has 15 heavy (non-hydrogen) atoms. The van der Waals surface area contributed by atoms with Gasteiger partial charge in [0, 0.05) is 4.57 Å².